The van der Waals surface area contributed by atoms with Gasteiger partial charge in [-0.1, -0.05) is 0 Å². The zero-order valence-corrected chi connectivity index (χ0v) is 9.71. The van der Waals surface area contributed by atoms with E-state index < -0.39 is 23.3 Å². The second-order valence-electron chi connectivity index (χ2n) is 4.24. The highest BCUT2D eigenvalue weighted by Gasteiger charge is 2.34. The van der Waals surface area contributed by atoms with Gasteiger partial charge in [-0.2, -0.15) is 18.4 Å². The van der Waals surface area contributed by atoms with Gasteiger partial charge in [0.25, 0.3) is 0 Å². The molecular weight excluding hydrogens is 259 g/mol. The molecule has 100 valence electrons. The molecule has 1 aliphatic rings. The van der Waals surface area contributed by atoms with Crippen molar-refractivity contribution < 1.29 is 18.0 Å². The van der Waals surface area contributed by atoms with Crippen LogP contribution in [-0.4, -0.2) is 12.1 Å². The summed E-state index contributed by atoms with van der Waals surface area (Å²) in [5, 5.41) is 13.5. The smallest absolute Gasteiger partial charge is 0.335 e. The number of carbonyl (C=O) groups is 1. The summed E-state index contributed by atoms with van der Waals surface area (Å²) >= 11 is 0. The molecule has 0 aliphatic heterocycles. The van der Waals surface area contributed by atoms with Gasteiger partial charge in [-0.05, 0) is 31.0 Å². The topological polar surface area (TPSA) is 64.9 Å². The third kappa shape index (κ3) is 3.37. The molecule has 2 N–H and O–H groups in total. The van der Waals surface area contributed by atoms with Crippen LogP contribution in [0.15, 0.2) is 18.2 Å². The number of benzene rings is 1. The lowest BCUT2D eigenvalue weighted by Crippen LogP contribution is -2.30. The Morgan fingerprint density at radius 1 is 1.37 bits per heavy atom. The summed E-state index contributed by atoms with van der Waals surface area (Å²) in [4.78, 5) is 11.4. The van der Waals surface area contributed by atoms with Crippen LogP contribution in [0.25, 0.3) is 0 Å². The zero-order chi connectivity index (χ0) is 14.0. The van der Waals surface area contributed by atoms with Gasteiger partial charge in [0.05, 0.1) is 17.2 Å². The maximum Gasteiger partial charge on any atom is 0.417 e. The molecule has 1 aromatic rings. The van der Waals surface area contributed by atoms with Crippen LogP contribution in [0.1, 0.15) is 24.0 Å². The molecule has 0 heterocycles. The van der Waals surface area contributed by atoms with Gasteiger partial charge in [-0.25, -0.2) is 4.79 Å². The summed E-state index contributed by atoms with van der Waals surface area (Å²) in [7, 11) is 0. The molecule has 7 heteroatoms. The standard InChI is InChI=1S/C12H10F3N3O/c13-12(14,15)10-5-9(2-1-7(10)6-16)18-11(19)17-8-3-4-8/h1-2,5,8H,3-4H2,(H2,17,18,19). The molecule has 2 rings (SSSR count). The largest absolute Gasteiger partial charge is 0.417 e. The Hall–Kier alpha value is -2.23. The van der Waals surface area contributed by atoms with E-state index in [1.54, 1.807) is 0 Å². The summed E-state index contributed by atoms with van der Waals surface area (Å²) in [5.74, 6) is 0. The molecule has 1 aliphatic carbocycles. The van der Waals surface area contributed by atoms with Gasteiger partial charge in [-0.15, -0.1) is 0 Å². The summed E-state index contributed by atoms with van der Waals surface area (Å²) < 4.78 is 38.1. The number of rotatable bonds is 2. The van der Waals surface area contributed by atoms with Crippen LogP contribution in [0.3, 0.4) is 0 Å². The number of amides is 2. The Bertz CT molecular complexity index is 544. The van der Waals surface area contributed by atoms with E-state index in [1.165, 1.54) is 12.1 Å². The first-order valence-electron chi connectivity index (χ1n) is 5.59. The molecule has 0 aromatic heterocycles. The molecule has 0 radical (unpaired) electrons. The number of anilines is 1. The first-order chi connectivity index (χ1) is 8.90. The molecule has 1 fully saturated rings. The number of urea groups is 1. The molecule has 2 amide bonds. The van der Waals surface area contributed by atoms with E-state index in [2.05, 4.69) is 10.6 Å². The minimum absolute atomic E-state index is 0.00414. The van der Waals surface area contributed by atoms with Crippen LogP contribution in [0.2, 0.25) is 0 Å². The Balaban J connectivity index is 2.17. The van der Waals surface area contributed by atoms with Crippen molar-refractivity contribution in [2.45, 2.75) is 25.1 Å². The Morgan fingerprint density at radius 3 is 2.58 bits per heavy atom. The van der Waals surface area contributed by atoms with Crippen LogP contribution in [0.4, 0.5) is 23.7 Å². The van der Waals surface area contributed by atoms with Crippen LogP contribution >= 0.6 is 0 Å². The van der Waals surface area contributed by atoms with E-state index in [0.29, 0.717) is 0 Å². The first kappa shape index (κ1) is 13.2. The zero-order valence-electron chi connectivity index (χ0n) is 9.71. The lowest BCUT2D eigenvalue weighted by atomic mass is 10.1. The molecule has 19 heavy (non-hydrogen) atoms. The van der Waals surface area contributed by atoms with Gasteiger partial charge >= 0.3 is 12.2 Å². The summed E-state index contributed by atoms with van der Waals surface area (Å²) in [6, 6.07) is 4.10. The van der Waals surface area contributed by atoms with Crippen molar-refractivity contribution >= 4 is 11.7 Å². The van der Waals surface area contributed by atoms with E-state index in [1.807, 2.05) is 0 Å². The van der Waals surface area contributed by atoms with Crippen LogP contribution in [-0.2, 0) is 6.18 Å². The maximum atomic E-state index is 12.7. The summed E-state index contributed by atoms with van der Waals surface area (Å²) in [5.41, 5.74) is -1.52. The highest BCUT2D eigenvalue weighted by atomic mass is 19.4. The number of nitrogens with zero attached hydrogens (tertiary/aromatic N) is 1. The van der Waals surface area contributed by atoms with Crippen molar-refractivity contribution in [3.05, 3.63) is 29.3 Å². The van der Waals surface area contributed by atoms with Gasteiger partial charge in [0, 0.05) is 11.7 Å². The second kappa shape index (κ2) is 4.80. The predicted molar refractivity (Wildman–Crippen MR) is 61.3 cm³/mol. The fraction of sp³-hybridized carbons (Fsp3) is 0.333. The van der Waals surface area contributed by atoms with Crippen LogP contribution in [0.5, 0.6) is 0 Å². The Morgan fingerprint density at radius 2 is 2.05 bits per heavy atom. The molecule has 0 saturated heterocycles. The van der Waals surface area contributed by atoms with Crippen molar-refractivity contribution in [2.75, 3.05) is 5.32 Å². The summed E-state index contributed by atoms with van der Waals surface area (Å²) in [6.07, 6.45) is -2.86. The molecule has 0 atom stereocenters. The molecule has 0 spiro atoms. The van der Waals surface area contributed by atoms with Crippen molar-refractivity contribution in [3.8, 4) is 6.07 Å². The molecule has 1 aromatic carbocycles. The normalized spacial score (nSPS) is 14.6. The number of carbonyl (C=O) groups excluding carboxylic acids is 1. The van der Waals surface area contributed by atoms with E-state index in [0.717, 1.165) is 25.0 Å². The van der Waals surface area contributed by atoms with Crippen molar-refractivity contribution in [1.29, 1.82) is 5.26 Å². The Kier molecular flexibility index (Phi) is 3.34. The number of hydrogen-bond acceptors (Lipinski definition) is 2. The van der Waals surface area contributed by atoms with E-state index in [-0.39, 0.29) is 11.7 Å². The van der Waals surface area contributed by atoms with Gasteiger partial charge in [0.2, 0.25) is 0 Å². The summed E-state index contributed by atoms with van der Waals surface area (Å²) in [6.45, 7) is 0. The van der Waals surface area contributed by atoms with Crippen LogP contribution in [0, 0.1) is 11.3 Å². The minimum atomic E-state index is -4.63. The van der Waals surface area contributed by atoms with Gasteiger partial charge in [0.15, 0.2) is 0 Å². The molecular formula is C12H10F3N3O. The van der Waals surface area contributed by atoms with Crippen LogP contribution < -0.4 is 10.6 Å². The third-order valence-electron chi connectivity index (χ3n) is 2.62. The average molecular weight is 269 g/mol. The second-order valence-corrected chi connectivity index (χ2v) is 4.24. The number of nitriles is 1. The fourth-order valence-corrected chi connectivity index (χ4v) is 1.53. The number of halogens is 3. The predicted octanol–water partition coefficient (Wildman–Crippen LogP) is 2.86. The lowest BCUT2D eigenvalue weighted by Gasteiger charge is -2.12. The molecule has 1 saturated carbocycles. The first-order valence-corrected chi connectivity index (χ1v) is 5.59. The minimum Gasteiger partial charge on any atom is -0.335 e. The lowest BCUT2D eigenvalue weighted by molar-refractivity contribution is -0.137. The number of hydrogen-bond donors (Lipinski definition) is 2. The average Bonchev–Trinajstić information content (AvgIpc) is 3.11. The Labute approximate surface area is 107 Å². The van der Waals surface area contributed by atoms with Gasteiger partial charge in [-0.3, -0.25) is 0 Å². The highest BCUT2D eigenvalue weighted by molar-refractivity contribution is 5.89. The monoisotopic (exact) mass is 269 g/mol. The quantitative estimate of drug-likeness (QED) is 0.867. The number of nitrogens with one attached hydrogen (secondary N) is 2. The van der Waals surface area contributed by atoms with E-state index in [4.69, 9.17) is 5.26 Å². The molecule has 0 bridgehead atoms. The van der Waals surface area contributed by atoms with Crippen molar-refractivity contribution in [2.24, 2.45) is 0 Å². The van der Waals surface area contributed by atoms with Gasteiger partial charge < -0.3 is 10.6 Å². The van der Waals surface area contributed by atoms with E-state index >= 15 is 0 Å². The molecule has 4 nitrogen and oxygen atoms in total. The van der Waals surface area contributed by atoms with Gasteiger partial charge in [0.1, 0.15) is 0 Å². The maximum absolute atomic E-state index is 12.7. The highest BCUT2D eigenvalue weighted by Crippen LogP contribution is 2.33. The fourth-order valence-electron chi connectivity index (χ4n) is 1.53. The van der Waals surface area contributed by atoms with Crippen molar-refractivity contribution in [3.63, 3.8) is 0 Å². The molecule has 0 unspecified atom stereocenters. The third-order valence-corrected chi connectivity index (χ3v) is 2.62. The number of alkyl halides is 3. The van der Waals surface area contributed by atoms with Crippen molar-refractivity contribution in [1.82, 2.24) is 5.32 Å². The SMILES string of the molecule is N#Cc1ccc(NC(=O)NC2CC2)cc1C(F)(F)F. The van der Waals surface area contributed by atoms with E-state index in [9.17, 15) is 18.0 Å².